The maximum atomic E-state index is 15.4. The molecule has 2 aromatic carbocycles. The van der Waals surface area contributed by atoms with E-state index in [4.69, 9.17) is 4.74 Å². The third-order valence-corrected chi connectivity index (χ3v) is 9.81. The fourth-order valence-corrected chi connectivity index (χ4v) is 6.83. The van der Waals surface area contributed by atoms with Gasteiger partial charge in [-0.05, 0) is 59.9 Å². The number of hydrogen-bond acceptors (Lipinski definition) is 9. The summed E-state index contributed by atoms with van der Waals surface area (Å²) in [6.45, 7) is 12.3. The monoisotopic (exact) mass is 695 g/mol. The van der Waals surface area contributed by atoms with Crippen molar-refractivity contribution in [2.45, 2.75) is 45.2 Å². The Bertz CT molecular complexity index is 2280. The lowest BCUT2D eigenvalue weighted by molar-refractivity contribution is -0.0691. The van der Waals surface area contributed by atoms with E-state index in [2.05, 4.69) is 32.1 Å². The Labute approximate surface area is 293 Å². The van der Waals surface area contributed by atoms with Crippen LogP contribution in [-0.2, 0) is 17.2 Å². The van der Waals surface area contributed by atoms with E-state index in [-0.39, 0.29) is 50.3 Å². The topological polar surface area (TPSA) is 115 Å². The van der Waals surface area contributed by atoms with E-state index in [0.29, 0.717) is 29.3 Å². The number of carbonyl (C=O) groups is 1. The van der Waals surface area contributed by atoms with Crippen molar-refractivity contribution in [3.8, 4) is 16.8 Å². The highest BCUT2D eigenvalue weighted by molar-refractivity contribution is 5.93. The molecule has 0 bridgehead atoms. The molecule has 51 heavy (non-hydrogen) atoms. The average molecular weight is 696 g/mol. The lowest BCUT2D eigenvalue weighted by atomic mass is 9.86. The molecule has 264 valence electrons. The van der Waals surface area contributed by atoms with Crippen molar-refractivity contribution >= 4 is 34.3 Å². The number of piperazine rings is 1. The number of aryl methyl sites for hydroxylation is 1. The van der Waals surface area contributed by atoms with Gasteiger partial charge in [-0.15, -0.1) is 0 Å². The summed E-state index contributed by atoms with van der Waals surface area (Å²) in [7, 11) is 1.54. The zero-order valence-corrected chi connectivity index (χ0v) is 29.1. The molecule has 1 N–H and O–H groups in total. The van der Waals surface area contributed by atoms with Crippen molar-refractivity contribution in [2.24, 2.45) is 7.05 Å². The Morgan fingerprint density at radius 3 is 2.43 bits per heavy atom. The molecule has 2 saturated heterocycles. The molecule has 2 fully saturated rings. The number of rotatable bonds is 7. The number of benzene rings is 2. The summed E-state index contributed by atoms with van der Waals surface area (Å²) in [4.78, 5) is 48.9. The second-order valence-electron chi connectivity index (χ2n) is 14.4. The summed E-state index contributed by atoms with van der Waals surface area (Å²) in [6.07, 6.45) is 5.04. The maximum absolute atomic E-state index is 15.4. The summed E-state index contributed by atoms with van der Waals surface area (Å²) in [6, 6.07) is 11.2. The van der Waals surface area contributed by atoms with Crippen LogP contribution in [-0.4, -0.2) is 75.4 Å². The highest BCUT2D eigenvalue weighted by Crippen LogP contribution is 2.31. The van der Waals surface area contributed by atoms with Crippen molar-refractivity contribution < 1.29 is 18.3 Å². The van der Waals surface area contributed by atoms with Crippen LogP contribution in [0.15, 0.2) is 70.6 Å². The van der Waals surface area contributed by atoms with Crippen LogP contribution >= 0.6 is 0 Å². The highest BCUT2D eigenvalue weighted by Gasteiger charge is 2.32. The Morgan fingerprint density at radius 1 is 1.00 bits per heavy atom. The number of halogens is 2. The van der Waals surface area contributed by atoms with Crippen LogP contribution < -0.4 is 21.3 Å². The first kappa shape index (κ1) is 34.2. The van der Waals surface area contributed by atoms with Gasteiger partial charge >= 0.3 is 0 Å². The summed E-state index contributed by atoms with van der Waals surface area (Å²) < 4.78 is 38.2. The molecule has 0 saturated carbocycles. The molecule has 0 amide bonds. The molecule has 13 heteroatoms. The minimum Gasteiger partial charge on any atom is -0.378 e. The van der Waals surface area contributed by atoms with Crippen LogP contribution in [0.4, 0.5) is 26.0 Å². The van der Waals surface area contributed by atoms with Crippen molar-refractivity contribution in [2.75, 3.05) is 43.1 Å². The molecule has 3 aromatic heterocycles. The Morgan fingerprint density at radius 2 is 1.78 bits per heavy atom. The Kier molecular flexibility index (Phi) is 8.80. The average Bonchev–Trinajstić information content (AvgIpc) is 3.05. The standard InChI is InChI=1S/C38H39F2N7O4/c1-22-17-45(28-20-51-21-28)8-9-46(22)27-6-7-34(41-16-27)43-32-11-24(18-44(5)36(32)49)29-13-26(39)14-33(30(29)19-48)47-37(50)35-23(15-42-47)10-25(12-31(35)40)38(2,3)4/h6-7,10-16,18-19,22,28H,8-9,17,20-21H2,1-5H3,(H,41,43)/t22-/m1/s1. The van der Waals surface area contributed by atoms with Gasteiger partial charge in [0, 0.05) is 61.5 Å². The number of aromatic nitrogens is 4. The normalized spacial score (nSPS) is 17.1. The molecule has 2 aliphatic heterocycles. The molecule has 0 aliphatic carbocycles. The van der Waals surface area contributed by atoms with Gasteiger partial charge < -0.3 is 19.5 Å². The number of nitrogens with one attached hydrogen (secondary N) is 1. The second-order valence-corrected chi connectivity index (χ2v) is 14.4. The second kappa shape index (κ2) is 13.1. The van der Waals surface area contributed by atoms with E-state index < -0.39 is 17.2 Å². The quantitative estimate of drug-likeness (QED) is 0.230. The molecule has 5 heterocycles. The SMILES string of the molecule is C[C@@H]1CN(C2COC2)CCN1c1ccc(Nc2cc(-c3cc(F)cc(-n4ncc5cc(C(C)(C)C)cc(F)c5c4=O)c3C=O)cn(C)c2=O)nc1. The summed E-state index contributed by atoms with van der Waals surface area (Å²) >= 11 is 0. The first-order chi connectivity index (χ1) is 24.3. The van der Waals surface area contributed by atoms with E-state index in [1.165, 1.54) is 36.1 Å². The van der Waals surface area contributed by atoms with E-state index in [0.717, 1.165) is 55.3 Å². The van der Waals surface area contributed by atoms with Crippen molar-refractivity contribution in [3.63, 3.8) is 0 Å². The molecule has 11 nitrogen and oxygen atoms in total. The molecular formula is C38H39F2N7O4. The van der Waals surface area contributed by atoms with Gasteiger partial charge in [-0.2, -0.15) is 9.78 Å². The van der Waals surface area contributed by atoms with Crippen LogP contribution in [0, 0.1) is 11.6 Å². The van der Waals surface area contributed by atoms with Gasteiger partial charge in [0.1, 0.15) is 23.1 Å². The predicted octanol–water partition coefficient (Wildman–Crippen LogP) is 5.19. The molecule has 7 rings (SSSR count). The number of carbonyl (C=O) groups excluding carboxylic acids is 1. The first-order valence-electron chi connectivity index (χ1n) is 16.9. The molecule has 0 unspecified atom stereocenters. The largest absolute Gasteiger partial charge is 0.378 e. The third-order valence-electron chi connectivity index (χ3n) is 9.81. The van der Waals surface area contributed by atoms with Crippen LogP contribution in [0.2, 0.25) is 0 Å². The number of hydrogen-bond donors (Lipinski definition) is 1. The Balaban J connectivity index is 1.21. The van der Waals surface area contributed by atoms with Gasteiger partial charge in [0.05, 0.1) is 48.4 Å². The highest BCUT2D eigenvalue weighted by atomic mass is 19.1. The van der Waals surface area contributed by atoms with Gasteiger partial charge in [0.25, 0.3) is 11.1 Å². The number of anilines is 3. The van der Waals surface area contributed by atoms with Gasteiger partial charge in [-0.3, -0.25) is 19.3 Å². The van der Waals surface area contributed by atoms with Gasteiger partial charge in [-0.25, -0.2) is 13.8 Å². The van der Waals surface area contributed by atoms with Gasteiger partial charge in [-0.1, -0.05) is 20.8 Å². The fourth-order valence-electron chi connectivity index (χ4n) is 6.83. The number of ether oxygens (including phenoxy) is 1. The van der Waals surface area contributed by atoms with E-state index in [1.54, 1.807) is 18.3 Å². The number of fused-ring (bicyclic) bond motifs is 1. The number of pyridine rings is 2. The van der Waals surface area contributed by atoms with Crippen molar-refractivity contribution in [1.29, 1.82) is 0 Å². The minimum atomic E-state index is -0.841. The maximum Gasteiger partial charge on any atom is 0.282 e. The van der Waals surface area contributed by atoms with Crippen LogP contribution in [0.5, 0.6) is 0 Å². The zero-order chi connectivity index (χ0) is 36.2. The van der Waals surface area contributed by atoms with Crippen LogP contribution in [0.25, 0.3) is 27.6 Å². The van der Waals surface area contributed by atoms with E-state index >= 15 is 8.78 Å². The first-order valence-corrected chi connectivity index (χ1v) is 16.9. The van der Waals surface area contributed by atoms with E-state index in [1.807, 2.05) is 26.8 Å². The lowest BCUT2D eigenvalue weighted by Gasteiger charge is -2.46. The van der Waals surface area contributed by atoms with Gasteiger partial charge in [0.15, 0.2) is 6.29 Å². The summed E-state index contributed by atoms with van der Waals surface area (Å²) in [5, 5.41) is 7.35. The van der Waals surface area contributed by atoms with Gasteiger partial charge in [0.2, 0.25) is 0 Å². The molecule has 5 aromatic rings. The van der Waals surface area contributed by atoms with Crippen molar-refractivity contribution in [1.82, 2.24) is 24.2 Å². The van der Waals surface area contributed by atoms with Crippen LogP contribution in [0.1, 0.15) is 43.6 Å². The molecule has 1 atom stereocenters. The molecular weight excluding hydrogens is 656 g/mol. The smallest absolute Gasteiger partial charge is 0.282 e. The van der Waals surface area contributed by atoms with Crippen LogP contribution in [0.3, 0.4) is 0 Å². The molecule has 2 aliphatic rings. The van der Waals surface area contributed by atoms with E-state index in [9.17, 15) is 14.4 Å². The third kappa shape index (κ3) is 6.43. The zero-order valence-electron chi connectivity index (χ0n) is 29.1. The minimum absolute atomic E-state index is 0.0665. The van der Waals surface area contributed by atoms with Crippen molar-refractivity contribution in [3.05, 3.63) is 105 Å². The summed E-state index contributed by atoms with van der Waals surface area (Å²) in [5.74, 6) is -1.08. The fraction of sp³-hybridized carbons (Fsp3) is 0.342. The summed E-state index contributed by atoms with van der Waals surface area (Å²) in [5.41, 5.74) is 0.387. The Hall–Kier alpha value is -5.27. The predicted molar refractivity (Wildman–Crippen MR) is 193 cm³/mol. The molecule has 0 spiro atoms. The number of nitrogens with zero attached hydrogens (tertiary/aromatic N) is 6. The number of aldehydes is 1. The lowest BCUT2D eigenvalue weighted by Crippen LogP contribution is -2.59. The molecule has 0 radical (unpaired) electrons.